The maximum Gasteiger partial charge on any atom is 0.324 e. The number of nitrogens with one attached hydrogen (secondary N) is 1. The number of benzene rings is 1. The number of hydrogen-bond acceptors (Lipinski definition) is 5. The van der Waals surface area contributed by atoms with E-state index in [1.807, 2.05) is 12.1 Å². The SMILES string of the molecule is O=C1N[C@@H]2[C@@H](CC[C@@H]2N2CC(F)(F)C2)N1c1nc2c3c(ccc2s1)OCC3. The molecule has 9 heteroatoms. The van der Waals surface area contributed by atoms with Gasteiger partial charge in [0.2, 0.25) is 0 Å². The van der Waals surface area contributed by atoms with E-state index in [-0.39, 0.29) is 37.2 Å². The number of carbonyl (C=O) groups is 1. The maximum atomic E-state index is 13.3. The minimum Gasteiger partial charge on any atom is -0.493 e. The largest absolute Gasteiger partial charge is 0.493 e. The second-order valence-electron chi connectivity index (χ2n) is 7.80. The Bertz CT molecular complexity index is 956. The Morgan fingerprint density at radius 2 is 2.07 bits per heavy atom. The van der Waals surface area contributed by atoms with Crippen LogP contribution in [-0.4, -0.2) is 59.7 Å². The molecule has 1 N–H and O–H groups in total. The van der Waals surface area contributed by atoms with Crippen molar-refractivity contribution < 1.29 is 18.3 Å². The molecule has 3 fully saturated rings. The third-order valence-corrected chi connectivity index (χ3v) is 7.21. The van der Waals surface area contributed by atoms with Crippen molar-refractivity contribution in [3.05, 3.63) is 17.7 Å². The highest BCUT2D eigenvalue weighted by Crippen LogP contribution is 2.43. The molecule has 6 rings (SSSR count). The Balaban J connectivity index is 1.31. The summed E-state index contributed by atoms with van der Waals surface area (Å²) >= 11 is 1.51. The van der Waals surface area contributed by atoms with Gasteiger partial charge in [0.05, 0.1) is 42.0 Å². The zero-order valence-electron chi connectivity index (χ0n) is 14.5. The number of amides is 2. The summed E-state index contributed by atoms with van der Waals surface area (Å²) in [6.45, 7) is 0.256. The number of aromatic nitrogens is 1. The van der Waals surface area contributed by atoms with E-state index in [1.165, 1.54) is 11.3 Å². The van der Waals surface area contributed by atoms with Crippen LogP contribution >= 0.6 is 11.3 Å². The predicted molar refractivity (Wildman–Crippen MR) is 96.9 cm³/mol. The number of anilines is 1. The van der Waals surface area contributed by atoms with Gasteiger partial charge in [-0.15, -0.1) is 0 Å². The summed E-state index contributed by atoms with van der Waals surface area (Å²) < 4.78 is 33.2. The second-order valence-corrected chi connectivity index (χ2v) is 8.81. The predicted octanol–water partition coefficient (Wildman–Crippen LogP) is 2.61. The normalized spacial score (nSPS) is 31.6. The van der Waals surface area contributed by atoms with Crippen molar-refractivity contribution in [3.63, 3.8) is 0 Å². The molecule has 2 saturated heterocycles. The summed E-state index contributed by atoms with van der Waals surface area (Å²) in [5, 5.41) is 3.72. The molecule has 3 aliphatic heterocycles. The Morgan fingerprint density at radius 3 is 2.89 bits per heavy atom. The Kier molecular flexibility index (Phi) is 3.13. The number of ether oxygens (including phenoxy) is 1. The number of fused-ring (bicyclic) bond motifs is 4. The fourth-order valence-corrected chi connectivity index (χ4v) is 6.04. The number of rotatable bonds is 2. The Labute approximate surface area is 158 Å². The van der Waals surface area contributed by atoms with Gasteiger partial charge in [0, 0.05) is 18.0 Å². The first-order valence-electron chi connectivity index (χ1n) is 9.27. The van der Waals surface area contributed by atoms with Gasteiger partial charge in [-0.05, 0) is 25.0 Å². The molecule has 6 nitrogen and oxygen atoms in total. The standard InChI is InChI=1S/C18H18F2N4O2S/c19-18(20)7-23(8-18)10-1-2-11-15(10)21-16(25)24(11)17-22-14-9-5-6-26-12(9)3-4-13(14)27-17/h3-4,10-11,15H,1-2,5-8H2,(H,21,25)/t10-,11+,15-/m0/s1. The first-order valence-corrected chi connectivity index (χ1v) is 10.1. The van der Waals surface area contributed by atoms with E-state index in [1.54, 1.807) is 9.80 Å². The van der Waals surface area contributed by atoms with Crippen molar-refractivity contribution in [2.45, 2.75) is 43.3 Å². The van der Waals surface area contributed by atoms with Crippen LogP contribution in [0.5, 0.6) is 5.75 Å². The van der Waals surface area contributed by atoms with E-state index in [0.29, 0.717) is 11.7 Å². The quantitative estimate of drug-likeness (QED) is 0.854. The first kappa shape index (κ1) is 16.0. The summed E-state index contributed by atoms with van der Waals surface area (Å²) in [5.74, 6) is -1.71. The van der Waals surface area contributed by atoms with Crippen LogP contribution < -0.4 is 15.0 Å². The lowest BCUT2D eigenvalue weighted by atomic mass is 10.0. The van der Waals surface area contributed by atoms with Gasteiger partial charge in [-0.1, -0.05) is 11.3 Å². The molecule has 2 aromatic rings. The number of likely N-dealkylation sites (tertiary alicyclic amines) is 1. The topological polar surface area (TPSA) is 57.7 Å². The summed E-state index contributed by atoms with van der Waals surface area (Å²) in [5.41, 5.74) is 2.02. The zero-order valence-corrected chi connectivity index (χ0v) is 15.3. The average Bonchev–Trinajstić information content (AvgIpc) is 3.33. The molecule has 0 spiro atoms. The summed E-state index contributed by atoms with van der Waals surface area (Å²) in [6, 6.07) is 3.63. The van der Waals surface area contributed by atoms with E-state index in [2.05, 4.69) is 5.32 Å². The molecule has 0 bridgehead atoms. The van der Waals surface area contributed by atoms with Crippen molar-refractivity contribution in [2.24, 2.45) is 0 Å². The minimum absolute atomic E-state index is 0.0180. The Hall–Kier alpha value is -2.00. The fraction of sp³-hybridized carbons (Fsp3) is 0.556. The molecule has 3 atom stereocenters. The van der Waals surface area contributed by atoms with Crippen LogP contribution in [0.1, 0.15) is 18.4 Å². The Morgan fingerprint density at radius 1 is 1.26 bits per heavy atom. The highest BCUT2D eigenvalue weighted by Gasteiger charge is 2.56. The van der Waals surface area contributed by atoms with Gasteiger partial charge in [0.25, 0.3) is 5.92 Å². The van der Waals surface area contributed by atoms with Crippen molar-refractivity contribution in [1.82, 2.24) is 15.2 Å². The average molecular weight is 392 g/mol. The fourth-order valence-electron chi connectivity index (χ4n) is 4.98. The van der Waals surface area contributed by atoms with Crippen LogP contribution in [0.3, 0.4) is 0 Å². The molecule has 1 aliphatic carbocycles. The molecular weight excluding hydrogens is 374 g/mol. The van der Waals surface area contributed by atoms with Crippen LogP contribution in [-0.2, 0) is 6.42 Å². The molecule has 0 radical (unpaired) electrons. The van der Waals surface area contributed by atoms with E-state index in [4.69, 9.17) is 9.72 Å². The molecule has 0 unspecified atom stereocenters. The zero-order chi connectivity index (χ0) is 18.3. The minimum atomic E-state index is -2.59. The summed E-state index contributed by atoms with van der Waals surface area (Å²) in [6.07, 6.45) is 2.45. The van der Waals surface area contributed by atoms with E-state index < -0.39 is 5.92 Å². The van der Waals surface area contributed by atoms with Gasteiger partial charge >= 0.3 is 6.03 Å². The van der Waals surface area contributed by atoms with Crippen molar-refractivity contribution in [3.8, 4) is 5.75 Å². The monoisotopic (exact) mass is 392 g/mol. The smallest absolute Gasteiger partial charge is 0.324 e. The summed E-state index contributed by atoms with van der Waals surface area (Å²) in [4.78, 5) is 21.0. The summed E-state index contributed by atoms with van der Waals surface area (Å²) in [7, 11) is 0. The van der Waals surface area contributed by atoms with Gasteiger partial charge in [0.1, 0.15) is 5.75 Å². The van der Waals surface area contributed by atoms with Gasteiger partial charge in [-0.3, -0.25) is 9.80 Å². The lowest BCUT2D eigenvalue weighted by molar-refractivity contribution is -0.147. The van der Waals surface area contributed by atoms with Crippen LogP contribution in [0.4, 0.5) is 18.7 Å². The second kappa shape index (κ2) is 5.29. The molecule has 1 saturated carbocycles. The highest BCUT2D eigenvalue weighted by atomic mass is 32.1. The third-order valence-electron chi connectivity index (χ3n) is 6.19. The van der Waals surface area contributed by atoms with E-state index in [9.17, 15) is 13.6 Å². The first-order chi connectivity index (χ1) is 13.0. The molecular formula is C18H18F2N4O2S. The number of halogens is 2. The number of urea groups is 1. The van der Waals surface area contributed by atoms with Crippen LogP contribution in [0.25, 0.3) is 10.2 Å². The number of hydrogen-bond donors (Lipinski definition) is 1. The number of thiazole rings is 1. The number of alkyl halides is 2. The van der Waals surface area contributed by atoms with Crippen molar-refractivity contribution in [2.75, 3.05) is 24.6 Å². The number of nitrogens with zero attached hydrogens (tertiary/aromatic N) is 3. The molecule has 4 heterocycles. The third kappa shape index (κ3) is 2.24. The molecule has 1 aromatic heterocycles. The molecule has 2 amide bonds. The lowest BCUT2D eigenvalue weighted by Gasteiger charge is -2.44. The molecule has 1 aromatic carbocycles. The van der Waals surface area contributed by atoms with Gasteiger partial charge in [-0.25, -0.2) is 18.6 Å². The van der Waals surface area contributed by atoms with Crippen LogP contribution in [0, 0.1) is 0 Å². The van der Waals surface area contributed by atoms with Gasteiger partial charge in [0.15, 0.2) is 5.13 Å². The van der Waals surface area contributed by atoms with E-state index in [0.717, 1.165) is 40.8 Å². The number of carbonyl (C=O) groups excluding carboxylic acids is 1. The molecule has 4 aliphatic rings. The highest BCUT2D eigenvalue weighted by molar-refractivity contribution is 7.22. The lowest BCUT2D eigenvalue weighted by Crippen LogP contribution is -2.63. The van der Waals surface area contributed by atoms with Crippen LogP contribution in [0.2, 0.25) is 0 Å². The van der Waals surface area contributed by atoms with Crippen molar-refractivity contribution >= 4 is 32.7 Å². The van der Waals surface area contributed by atoms with E-state index >= 15 is 0 Å². The molecule has 142 valence electrons. The molecule has 27 heavy (non-hydrogen) atoms. The maximum absolute atomic E-state index is 13.3. The van der Waals surface area contributed by atoms with Gasteiger partial charge < -0.3 is 10.1 Å². The van der Waals surface area contributed by atoms with Crippen LogP contribution in [0.15, 0.2) is 12.1 Å². The van der Waals surface area contributed by atoms with Gasteiger partial charge in [-0.2, -0.15) is 0 Å². The van der Waals surface area contributed by atoms with Crippen molar-refractivity contribution in [1.29, 1.82) is 0 Å².